The molecule has 1 N–H and O–H groups in total. The molecule has 106 valence electrons. The molecule has 2 heteroatoms. The van der Waals surface area contributed by atoms with E-state index in [-0.39, 0.29) is 0 Å². The van der Waals surface area contributed by atoms with Crippen molar-refractivity contribution >= 4 is 5.69 Å². The Hall–Kier alpha value is -1.02. The van der Waals surface area contributed by atoms with Crippen molar-refractivity contribution in [1.82, 2.24) is 4.90 Å². The monoisotopic (exact) mass is 260 g/mol. The van der Waals surface area contributed by atoms with E-state index in [1.165, 1.54) is 55.7 Å². The molecule has 1 aromatic rings. The minimum Gasteiger partial charge on any atom is -0.382 e. The summed E-state index contributed by atoms with van der Waals surface area (Å²) in [7, 11) is 0. The van der Waals surface area contributed by atoms with Crippen LogP contribution in [0, 0.1) is 6.92 Å². The fourth-order valence-electron chi connectivity index (χ4n) is 3.05. The van der Waals surface area contributed by atoms with E-state index in [9.17, 15) is 0 Å². The highest BCUT2D eigenvalue weighted by molar-refractivity contribution is 5.57. The number of nitrogens with zero attached hydrogens (tertiary/aromatic N) is 1. The third-order valence-electron chi connectivity index (χ3n) is 4.36. The van der Waals surface area contributed by atoms with Crippen LogP contribution in [0.15, 0.2) is 18.2 Å². The van der Waals surface area contributed by atoms with Crippen molar-refractivity contribution in [2.24, 2.45) is 0 Å². The van der Waals surface area contributed by atoms with Gasteiger partial charge in [0.2, 0.25) is 0 Å². The summed E-state index contributed by atoms with van der Waals surface area (Å²) in [5.41, 5.74) is 4.23. The molecule has 0 aromatic heterocycles. The van der Waals surface area contributed by atoms with Crippen molar-refractivity contribution in [3.8, 4) is 0 Å². The van der Waals surface area contributed by atoms with E-state index >= 15 is 0 Å². The van der Waals surface area contributed by atoms with Gasteiger partial charge in [0.25, 0.3) is 0 Å². The lowest BCUT2D eigenvalue weighted by Crippen LogP contribution is -2.26. The molecule has 0 spiro atoms. The molecule has 0 aliphatic carbocycles. The van der Waals surface area contributed by atoms with Crippen LogP contribution in [0.4, 0.5) is 5.69 Å². The van der Waals surface area contributed by atoms with Crippen LogP contribution >= 0.6 is 0 Å². The summed E-state index contributed by atoms with van der Waals surface area (Å²) in [4.78, 5) is 2.57. The summed E-state index contributed by atoms with van der Waals surface area (Å²) < 4.78 is 0. The molecule has 1 unspecified atom stereocenters. The van der Waals surface area contributed by atoms with E-state index in [1.54, 1.807) is 0 Å². The Balaban J connectivity index is 2.04. The van der Waals surface area contributed by atoms with Crippen molar-refractivity contribution in [2.45, 2.75) is 52.5 Å². The van der Waals surface area contributed by atoms with Gasteiger partial charge in [-0.25, -0.2) is 0 Å². The van der Waals surface area contributed by atoms with Crippen LogP contribution < -0.4 is 5.32 Å². The number of nitrogens with one attached hydrogen (secondary N) is 1. The minimum atomic E-state index is 0.642. The number of likely N-dealkylation sites (tertiary alicyclic amines) is 1. The summed E-state index contributed by atoms with van der Waals surface area (Å²) in [6.07, 6.45) is 5.00. The molecular weight excluding hydrogens is 232 g/mol. The zero-order chi connectivity index (χ0) is 13.7. The third-order valence-corrected chi connectivity index (χ3v) is 4.36. The highest BCUT2D eigenvalue weighted by Crippen LogP contribution is 2.24. The first kappa shape index (κ1) is 14.4. The number of aryl methyl sites for hydroxylation is 2. The first-order valence-electron chi connectivity index (χ1n) is 7.82. The number of anilines is 1. The van der Waals surface area contributed by atoms with Gasteiger partial charge >= 0.3 is 0 Å². The van der Waals surface area contributed by atoms with E-state index in [1.807, 2.05) is 0 Å². The number of benzene rings is 1. The molecule has 0 amide bonds. The van der Waals surface area contributed by atoms with Crippen LogP contribution in [-0.4, -0.2) is 30.6 Å². The van der Waals surface area contributed by atoms with Gasteiger partial charge in [0.15, 0.2) is 0 Å². The normalized spacial score (nSPS) is 21.1. The second kappa shape index (κ2) is 6.95. The highest BCUT2D eigenvalue weighted by Gasteiger charge is 2.17. The molecule has 1 heterocycles. The summed E-state index contributed by atoms with van der Waals surface area (Å²) in [6.45, 7) is 10.4. The molecule has 1 aromatic carbocycles. The first-order chi connectivity index (χ1) is 9.24. The molecule has 19 heavy (non-hydrogen) atoms. The van der Waals surface area contributed by atoms with Crippen LogP contribution in [0.2, 0.25) is 0 Å². The van der Waals surface area contributed by atoms with Gasteiger partial charge in [0.1, 0.15) is 0 Å². The molecule has 2 nitrogen and oxygen atoms in total. The topological polar surface area (TPSA) is 15.3 Å². The van der Waals surface area contributed by atoms with Crippen molar-refractivity contribution in [2.75, 3.05) is 25.0 Å². The van der Waals surface area contributed by atoms with E-state index in [2.05, 4.69) is 49.2 Å². The second-order valence-corrected chi connectivity index (χ2v) is 5.67. The molecule has 0 radical (unpaired) electrons. The van der Waals surface area contributed by atoms with Crippen molar-refractivity contribution < 1.29 is 0 Å². The van der Waals surface area contributed by atoms with Gasteiger partial charge in [-0.2, -0.15) is 0 Å². The summed E-state index contributed by atoms with van der Waals surface area (Å²) in [5, 5.41) is 3.83. The van der Waals surface area contributed by atoms with Gasteiger partial charge < -0.3 is 10.2 Å². The predicted molar refractivity (Wildman–Crippen MR) is 83.9 cm³/mol. The molecule has 1 saturated heterocycles. The Morgan fingerprint density at radius 3 is 2.79 bits per heavy atom. The average Bonchev–Trinajstić information content (AvgIpc) is 2.66. The Kier molecular flexibility index (Phi) is 5.26. The summed E-state index contributed by atoms with van der Waals surface area (Å²) in [6, 6.07) is 7.29. The fraction of sp³-hybridized carbons (Fsp3) is 0.647. The molecule has 1 atom stereocenters. The number of hydrogen-bond donors (Lipinski definition) is 1. The summed E-state index contributed by atoms with van der Waals surface area (Å²) >= 11 is 0. The van der Waals surface area contributed by atoms with E-state index in [0.29, 0.717) is 6.04 Å². The average molecular weight is 260 g/mol. The van der Waals surface area contributed by atoms with Crippen LogP contribution in [0.1, 0.15) is 44.2 Å². The summed E-state index contributed by atoms with van der Waals surface area (Å²) in [5.74, 6) is 0. The SMILES string of the molecule is CCc1cccc(C)c1NC1CCCN(CC)CC1. The second-order valence-electron chi connectivity index (χ2n) is 5.67. The molecule has 2 rings (SSSR count). The van der Waals surface area contributed by atoms with Gasteiger partial charge in [-0.3, -0.25) is 0 Å². The zero-order valence-electron chi connectivity index (χ0n) is 12.7. The zero-order valence-corrected chi connectivity index (χ0v) is 12.7. The molecule has 1 fully saturated rings. The largest absolute Gasteiger partial charge is 0.382 e. The third kappa shape index (κ3) is 3.73. The van der Waals surface area contributed by atoms with Crippen LogP contribution in [0.25, 0.3) is 0 Å². The number of hydrogen-bond acceptors (Lipinski definition) is 2. The predicted octanol–water partition coefficient (Wildman–Crippen LogP) is 3.84. The van der Waals surface area contributed by atoms with E-state index in [4.69, 9.17) is 0 Å². The van der Waals surface area contributed by atoms with Crippen LogP contribution in [0.3, 0.4) is 0 Å². The highest BCUT2D eigenvalue weighted by atomic mass is 15.1. The Bertz CT molecular complexity index is 400. The van der Waals surface area contributed by atoms with Crippen molar-refractivity contribution in [3.05, 3.63) is 29.3 Å². The van der Waals surface area contributed by atoms with Crippen molar-refractivity contribution in [1.29, 1.82) is 0 Å². The van der Waals surface area contributed by atoms with Crippen molar-refractivity contribution in [3.63, 3.8) is 0 Å². The maximum absolute atomic E-state index is 3.83. The molecular formula is C17H28N2. The van der Waals surface area contributed by atoms with Gasteiger partial charge in [0, 0.05) is 18.3 Å². The van der Waals surface area contributed by atoms with E-state index < -0.39 is 0 Å². The standard InChI is InChI=1S/C17H28N2/c1-4-15-9-6-8-14(3)17(15)18-16-10-7-12-19(5-2)13-11-16/h6,8-9,16,18H,4-5,7,10-13H2,1-3H3. The van der Waals surface area contributed by atoms with Gasteiger partial charge in [-0.15, -0.1) is 0 Å². The minimum absolute atomic E-state index is 0.642. The molecule has 1 aliphatic rings. The fourth-order valence-corrected chi connectivity index (χ4v) is 3.05. The van der Waals surface area contributed by atoms with Crippen LogP contribution in [0.5, 0.6) is 0 Å². The van der Waals surface area contributed by atoms with Crippen LogP contribution in [-0.2, 0) is 6.42 Å². The number of rotatable bonds is 4. The smallest absolute Gasteiger partial charge is 0.0404 e. The molecule has 0 bridgehead atoms. The molecule has 1 aliphatic heterocycles. The lowest BCUT2D eigenvalue weighted by atomic mass is 10.0. The maximum atomic E-state index is 3.83. The lowest BCUT2D eigenvalue weighted by molar-refractivity contribution is 0.300. The Labute approximate surface area is 118 Å². The quantitative estimate of drug-likeness (QED) is 0.884. The lowest BCUT2D eigenvalue weighted by Gasteiger charge is -2.22. The maximum Gasteiger partial charge on any atom is 0.0404 e. The Morgan fingerprint density at radius 1 is 1.21 bits per heavy atom. The van der Waals surface area contributed by atoms with Gasteiger partial charge in [-0.1, -0.05) is 32.0 Å². The number of para-hydroxylation sites is 1. The van der Waals surface area contributed by atoms with E-state index in [0.717, 1.165) is 6.42 Å². The molecule has 0 saturated carbocycles. The van der Waals surface area contributed by atoms with Gasteiger partial charge in [-0.05, 0) is 56.8 Å². The Morgan fingerprint density at radius 2 is 2.05 bits per heavy atom. The van der Waals surface area contributed by atoms with Gasteiger partial charge in [0.05, 0.1) is 0 Å². The first-order valence-corrected chi connectivity index (χ1v) is 7.82.